The number of ether oxygens (including phenoxy) is 1. The van der Waals surface area contributed by atoms with Gasteiger partial charge in [-0.05, 0) is 55.3 Å². The molecule has 1 saturated heterocycles. The maximum absolute atomic E-state index is 13.0. The summed E-state index contributed by atoms with van der Waals surface area (Å²) in [6, 6.07) is 6.73. The van der Waals surface area contributed by atoms with Crippen molar-refractivity contribution in [2.75, 3.05) is 11.5 Å². The number of hydrogen-bond acceptors (Lipinski definition) is 5. The number of halogens is 2. The average molecular weight is 480 g/mol. The number of barbiturate groups is 1. The summed E-state index contributed by atoms with van der Waals surface area (Å²) in [7, 11) is 0. The predicted octanol–water partition coefficient (Wildman–Crippen LogP) is 4.18. The van der Waals surface area contributed by atoms with Gasteiger partial charge in [-0.25, -0.2) is 9.69 Å². The third-order valence-electron chi connectivity index (χ3n) is 4.19. The number of aromatic hydroxyl groups is 1. The van der Waals surface area contributed by atoms with Crippen LogP contribution in [0.25, 0.3) is 6.08 Å². The SMILES string of the molecule is CCOc1cc(C=C2C(=O)NC(=O)N(c3ccc(C)c(Cl)c3)C2=O)c(Br)cc1O. The van der Waals surface area contributed by atoms with Gasteiger partial charge < -0.3 is 9.84 Å². The summed E-state index contributed by atoms with van der Waals surface area (Å²) in [5.41, 5.74) is 1.18. The van der Waals surface area contributed by atoms with E-state index in [1.165, 1.54) is 24.3 Å². The Hall–Kier alpha value is -2.84. The monoisotopic (exact) mass is 478 g/mol. The maximum atomic E-state index is 13.0. The third kappa shape index (κ3) is 4.13. The molecule has 1 heterocycles. The van der Waals surface area contributed by atoms with Crippen LogP contribution in [0.3, 0.4) is 0 Å². The summed E-state index contributed by atoms with van der Waals surface area (Å²) < 4.78 is 5.78. The van der Waals surface area contributed by atoms with Crippen LogP contribution >= 0.6 is 27.5 Å². The molecule has 29 heavy (non-hydrogen) atoms. The topological polar surface area (TPSA) is 95.9 Å². The number of carbonyl (C=O) groups is 3. The lowest BCUT2D eigenvalue weighted by molar-refractivity contribution is -0.122. The zero-order valence-electron chi connectivity index (χ0n) is 15.5. The Morgan fingerprint density at radius 3 is 2.62 bits per heavy atom. The van der Waals surface area contributed by atoms with E-state index in [1.807, 2.05) is 0 Å². The molecule has 1 fully saturated rings. The van der Waals surface area contributed by atoms with Gasteiger partial charge in [-0.1, -0.05) is 33.6 Å². The van der Waals surface area contributed by atoms with E-state index in [2.05, 4.69) is 21.2 Å². The van der Waals surface area contributed by atoms with Gasteiger partial charge in [-0.15, -0.1) is 0 Å². The van der Waals surface area contributed by atoms with Crippen molar-refractivity contribution in [3.8, 4) is 11.5 Å². The van der Waals surface area contributed by atoms with E-state index in [9.17, 15) is 19.5 Å². The molecule has 0 aromatic heterocycles. The summed E-state index contributed by atoms with van der Waals surface area (Å²) in [4.78, 5) is 38.5. The van der Waals surface area contributed by atoms with Crippen molar-refractivity contribution in [2.24, 2.45) is 0 Å². The van der Waals surface area contributed by atoms with E-state index >= 15 is 0 Å². The zero-order chi connectivity index (χ0) is 21.3. The van der Waals surface area contributed by atoms with E-state index in [4.69, 9.17) is 16.3 Å². The highest BCUT2D eigenvalue weighted by Gasteiger charge is 2.37. The van der Waals surface area contributed by atoms with Gasteiger partial charge in [0, 0.05) is 9.50 Å². The molecule has 150 valence electrons. The Balaban J connectivity index is 2.06. The van der Waals surface area contributed by atoms with Crippen LogP contribution in [-0.4, -0.2) is 29.6 Å². The second kappa shape index (κ2) is 8.26. The molecular formula is C20H16BrClN2O5. The molecule has 7 nitrogen and oxygen atoms in total. The van der Waals surface area contributed by atoms with E-state index in [1.54, 1.807) is 26.0 Å². The summed E-state index contributed by atoms with van der Waals surface area (Å²) >= 11 is 9.40. The normalized spacial score (nSPS) is 15.7. The number of imide groups is 2. The number of carbonyl (C=O) groups excluding carboxylic acids is 3. The number of benzene rings is 2. The zero-order valence-corrected chi connectivity index (χ0v) is 17.8. The largest absolute Gasteiger partial charge is 0.504 e. The number of urea groups is 1. The van der Waals surface area contributed by atoms with Crippen molar-refractivity contribution in [1.29, 1.82) is 0 Å². The Bertz CT molecular complexity index is 1070. The van der Waals surface area contributed by atoms with Crippen molar-refractivity contribution < 1.29 is 24.2 Å². The average Bonchev–Trinajstić information content (AvgIpc) is 2.65. The fourth-order valence-corrected chi connectivity index (χ4v) is 3.33. The minimum absolute atomic E-state index is 0.0913. The fourth-order valence-electron chi connectivity index (χ4n) is 2.71. The van der Waals surface area contributed by atoms with Gasteiger partial charge in [-0.2, -0.15) is 0 Å². The maximum Gasteiger partial charge on any atom is 0.335 e. The van der Waals surface area contributed by atoms with Crippen LogP contribution in [0.2, 0.25) is 5.02 Å². The van der Waals surface area contributed by atoms with Crippen LogP contribution in [0.1, 0.15) is 18.1 Å². The number of nitrogens with zero attached hydrogens (tertiary/aromatic N) is 1. The number of hydrogen-bond donors (Lipinski definition) is 2. The molecule has 3 rings (SSSR count). The van der Waals surface area contributed by atoms with E-state index in [-0.39, 0.29) is 22.8 Å². The van der Waals surface area contributed by atoms with Gasteiger partial charge >= 0.3 is 6.03 Å². The summed E-state index contributed by atoms with van der Waals surface area (Å²) in [6.07, 6.45) is 1.32. The molecule has 1 aliphatic heterocycles. The van der Waals surface area contributed by atoms with E-state index < -0.39 is 17.8 Å². The Morgan fingerprint density at radius 1 is 1.24 bits per heavy atom. The number of aryl methyl sites for hydroxylation is 1. The molecule has 2 aromatic carbocycles. The number of amides is 4. The van der Waals surface area contributed by atoms with Crippen LogP contribution in [0.15, 0.2) is 40.4 Å². The first-order chi connectivity index (χ1) is 13.7. The molecule has 1 aliphatic rings. The van der Waals surface area contributed by atoms with Gasteiger partial charge in [0.05, 0.1) is 12.3 Å². The highest BCUT2D eigenvalue weighted by molar-refractivity contribution is 9.10. The van der Waals surface area contributed by atoms with Crippen molar-refractivity contribution in [2.45, 2.75) is 13.8 Å². The summed E-state index contributed by atoms with van der Waals surface area (Å²) in [5, 5.41) is 12.5. The van der Waals surface area contributed by atoms with Crippen molar-refractivity contribution >= 4 is 57.1 Å². The quantitative estimate of drug-likeness (QED) is 0.507. The smallest absolute Gasteiger partial charge is 0.335 e. The molecule has 0 unspecified atom stereocenters. The number of phenolic OH excluding ortho intramolecular Hbond substituents is 1. The van der Waals surface area contributed by atoms with Gasteiger partial charge in [0.1, 0.15) is 5.57 Å². The summed E-state index contributed by atoms with van der Waals surface area (Å²) in [6.45, 7) is 3.87. The minimum atomic E-state index is -0.864. The van der Waals surface area contributed by atoms with Crippen molar-refractivity contribution in [3.05, 3.63) is 56.5 Å². The molecular weight excluding hydrogens is 464 g/mol. The number of anilines is 1. The highest BCUT2D eigenvalue weighted by Crippen LogP contribution is 2.34. The number of nitrogens with one attached hydrogen (secondary N) is 1. The van der Waals surface area contributed by atoms with Crippen molar-refractivity contribution in [3.63, 3.8) is 0 Å². The molecule has 0 radical (unpaired) electrons. The lowest BCUT2D eigenvalue weighted by atomic mass is 10.1. The standard InChI is InChI=1S/C20H16BrClN2O5/c1-3-29-17-7-11(14(21)9-16(17)25)6-13-18(26)23-20(28)24(19(13)27)12-5-4-10(2)15(22)8-12/h4-9,25H,3H2,1-2H3,(H,23,26,28). The van der Waals surface area contributed by atoms with E-state index in [0.717, 1.165) is 10.5 Å². The first kappa shape index (κ1) is 20.9. The van der Waals surface area contributed by atoms with Crippen LogP contribution in [-0.2, 0) is 9.59 Å². The van der Waals surface area contributed by atoms with Crippen LogP contribution in [0, 0.1) is 6.92 Å². The molecule has 0 aliphatic carbocycles. The first-order valence-electron chi connectivity index (χ1n) is 8.55. The lowest BCUT2D eigenvalue weighted by Crippen LogP contribution is -2.54. The van der Waals surface area contributed by atoms with Gasteiger partial charge in [0.25, 0.3) is 11.8 Å². The van der Waals surface area contributed by atoms with Gasteiger partial charge in [0.15, 0.2) is 11.5 Å². The Labute approximate surface area is 180 Å². The third-order valence-corrected chi connectivity index (χ3v) is 5.29. The Kier molecular flexibility index (Phi) is 5.95. The highest BCUT2D eigenvalue weighted by atomic mass is 79.9. The van der Waals surface area contributed by atoms with Crippen LogP contribution in [0.5, 0.6) is 11.5 Å². The van der Waals surface area contributed by atoms with Gasteiger partial charge in [-0.3, -0.25) is 14.9 Å². The summed E-state index contributed by atoms with van der Waals surface area (Å²) in [5.74, 6) is -1.51. The molecule has 0 saturated carbocycles. The molecule has 0 spiro atoms. The molecule has 0 atom stereocenters. The lowest BCUT2D eigenvalue weighted by Gasteiger charge is -2.26. The second-order valence-electron chi connectivity index (χ2n) is 6.17. The Morgan fingerprint density at radius 2 is 1.97 bits per heavy atom. The predicted molar refractivity (Wildman–Crippen MR) is 112 cm³/mol. The first-order valence-corrected chi connectivity index (χ1v) is 9.73. The van der Waals surface area contributed by atoms with Crippen LogP contribution in [0.4, 0.5) is 10.5 Å². The molecule has 2 aromatic rings. The molecule has 2 N–H and O–H groups in total. The minimum Gasteiger partial charge on any atom is -0.504 e. The van der Waals surface area contributed by atoms with Crippen LogP contribution < -0.4 is 15.0 Å². The fraction of sp³-hybridized carbons (Fsp3) is 0.150. The molecule has 9 heteroatoms. The number of rotatable bonds is 4. The van der Waals surface area contributed by atoms with Gasteiger partial charge in [0.2, 0.25) is 0 Å². The molecule has 4 amide bonds. The number of phenols is 1. The van der Waals surface area contributed by atoms with E-state index in [0.29, 0.717) is 21.7 Å². The van der Waals surface area contributed by atoms with Crippen molar-refractivity contribution in [1.82, 2.24) is 5.32 Å². The second-order valence-corrected chi connectivity index (χ2v) is 7.43. The molecule has 0 bridgehead atoms.